The summed E-state index contributed by atoms with van der Waals surface area (Å²) < 4.78 is 5.39. The number of morpholine rings is 1. The largest absolute Gasteiger partial charge is 0.378 e. The van der Waals surface area contributed by atoms with Crippen molar-refractivity contribution < 1.29 is 14.3 Å². The number of ether oxygens (including phenoxy) is 1. The van der Waals surface area contributed by atoms with E-state index in [1.807, 2.05) is 26.0 Å². The van der Waals surface area contributed by atoms with E-state index in [1.165, 1.54) is 11.3 Å². The molecule has 0 saturated carbocycles. The molecule has 1 saturated heterocycles. The van der Waals surface area contributed by atoms with Crippen LogP contribution in [0.3, 0.4) is 0 Å². The van der Waals surface area contributed by atoms with Crippen LogP contribution in [0.5, 0.6) is 0 Å². The second-order valence-corrected chi connectivity index (χ2v) is 7.33. The zero-order valence-electron chi connectivity index (χ0n) is 17.2. The van der Waals surface area contributed by atoms with E-state index < -0.39 is 11.8 Å². The van der Waals surface area contributed by atoms with Gasteiger partial charge in [0.2, 0.25) is 0 Å². The van der Waals surface area contributed by atoms with Crippen molar-refractivity contribution >= 4 is 23.2 Å². The standard InChI is InChI=1S/C23H29N3O3/c1-17-5-3-7-21(18(17)2)25-23(28)22(27)24-12-4-6-19-8-10-20(11-9-19)26-13-15-29-16-14-26/h3,5,7-11H,4,6,12-16H2,1-2H3,(H,24,27)(H,25,28). The van der Waals surface area contributed by atoms with E-state index in [1.54, 1.807) is 6.07 Å². The molecule has 2 aromatic rings. The highest BCUT2D eigenvalue weighted by Crippen LogP contribution is 2.18. The highest BCUT2D eigenvalue weighted by molar-refractivity contribution is 6.39. The van der Waals surface area contributed by atoms with Crippen LogP contribution in [0.4, 0.5) is 11.4 Å². The summed E-state index contributed by atoms with van der Waals surface area (Å²) in [6, 6.07) is 14.2. The molecule has 3 rings (SSSR count). The molecule has 0 radical (unpaired) electrons. The molecule has 29 heavy (non-hydrogen) atoms. The van der Waals surface area contributed by atoms with Crippen LogP contribution in [-0.4, -0.2) is 44.7 Å². The van der Waals surface area contributed by atoms with Gasteiger partial charge in [0.15, 0.2) is 0 Å². The van der Waals surface area contributed by atoms with E-state index in [4.69, 9.17) is 4.74 Å². The molecular formula is C23H29N3O3. The summed E-state index contributed by atoms with van der Waals surface area (Å²) in [4.78, 5) is 26.4. The van der Waals surface area contributed by atoms with Gasteiger partial charge in [-0.25, -0.2) is 0 Å². The summed E-state index contributed by atoms with van der Waals surface area (Å²) in [7, 11) is 0. The molecule has 1 heterocycles. The van der Waals surface area contributed by atoms with Gasteiger partial charge >= 0.3 is 11.8 Å². The SMILES string of the molecule is Cc1cccc(NC(=O)C(=O)NCCCc2ccc(N3CCOCC3)cc2)c1C. The fourth-order valence-electron chi connectivity index (χ4n) is 3.34. The van der Waals surface area contributed by atoms with E-state index in [-0.39, 0.29) is 0 Å². The first kappa shape index (κ1) is 20.9. The third kappa shape index (κ3) is 5.81. The number of aryl methyl sites for hydroxylation is 2. The minimum Gasteiger partial charge on any atom is -0.378 e. The van der Waals surface area contributed by atoms with Crippen molar-refractivity contribution in [2.24, 2.45) is 0 Å². The molecule has 0 aromatic heterocycles. The van der Waals surface area contributed by atoms with Crippen LogP contribution in [-0.2, 0) is 20.7 Å². The topological polar surface area (TPSA) is 70.7 Å². The Morgan fingerprint density at radius 1 is 1.00 bits per heavy atom. The maximum Gasteiger partial charge on any atom is 0.313 e. The summed E-state index contributed by atoms with van der Waals surface area (Å²) in [5.74, 6) is -1.23. The third-order valence-electron chi connectivity index (χ3n) is 5.30. The lowest BCUT2D eigenvalue weighted by Gasteiger charge is -2.28. The van der Waals surface area contributed by atoms with Gasteiger partial charge in [-0.2, -0.15) is 0 Å². The minimum atomic E-state index is -0.631. The van der Waals surface area contributed by atoms with E-state index >= 15 is 0 Å². The molecule has 6 nitrogen and oxygen atoms in total. The Morgan fingerprint density at radius 3 is 2.45 bits per heavy atom. The smallest absolute Gasteiger partial charge is 0.313 e. The summed E-state index contributed by atoms with van der Waals surface area (Å²) in [5, 5.41) is 5.38. The number of benzene rings is 2. The number of rotatable bonds is 6. The quantitative estimate of drug-likeness (QED) is 0.583. The molecule has 2 amide bonds. The number of nitrogens with zero attached hydrogens (tertiary/aromatic N) is 1. The predicted molar refractivity (Wildman–Crippen MR) is 115 cm³/mol. The maximum absolute atomic E-state index is 12.1. The Labute approximate surface area is 172 Å². The van der Waals surface area contributed by atoms with E-state index in [9.17, 15) is 9.59 Å². The third-order valence-corrected chi connectivity index (χ3v) is 5.30. The molecule has 1 aliphatic rings. The highest BCUT2D eigenvalue weighted by atomic mass is 16.5. The van der Waals surface area contributed by atoms with Crippen molar-refractivity contribution in [3.63, 3.8) is 0 Å². The Hall–Kier alpha value is -2.86. The summed E-state index contributed by atoms with van der Waals surface area (Å²) in [6.07, 6.45) is 1.63. The Balaban J connectivity index is 1.40. The lowest BCUT2D eigenvalue weighted by molar-refractivity contribution is -0.136. The van der Waals surface area contributed by atoms with E-state index in [0.29, 0.717) is 12.2 Å². The molecule has 0 atom stereocenters. The summed E-state index contributed by atoms with van der Waals surface area (Å²) in [5.41, 5.74) is 5.15. The fourth-order valence-corrected chi connectivity index (χ4v) is 3.34. The first-order valence-electron chi connectivity index (χ1n) is 10.1. The molecule has 2 aromatic carbocycles. The van der Waals surface area contributed by atoms with Gasteiger partial charge in [-0.1, -0.05) is 24.3 Å². The number of amides is 2. The average molecular weight is 396 g/mol. The molecular weight excluding hydrogens is 366 g/mol. The van der Waals surface area contributed by atoms with Gasteiger partial charge in [-0.15, -0.1) is 0 Å². The fraction of sp³-hybridized carbons (Fsp3) is 0.391. The zero-order valence-corrected chi connectivity index (χ0v) is 17.2. The molecule has 154 valence electrons. The second kappa shape index (κ2) is 10.1. The van der Waals surface area contributed by atoms with E-state index in [2.05, 4.69) is 39.8 Å². The van der Waals surface area contributed by atoms with Crippen LogP contribution in [0.15, 0.2) is 42.5 Å². The van der Waals surface area contributed by atoms with Crippen molar-refractivity contribution in [2.45, 2.75) is 26.7 Å². The highest BCUT2D eigenvalue weighted by Gasteiger charge is 2.14. The van der Waals surface area contributed by atoms with Gasteiger partial charge in [0.05, 0.1) is 13.2 Å². The normalized spacial score (nSPS) is 13.8. The molecule has 2 N–H and O–H groups in total. The minimum absolute atomic E-state index is 0.463. The number of nitrogens with one attached hydrogen (secondary N) is 2. The molecule has 1 fully saturated rings. The van der Waals surface area contributed by atoms with Gasteiger partial charge in [0, 0.05) is 31.0 Å². The van der Waals surface area contributed by atoms with Crippen LogP contribution < -0.4 is 15.5 Å². The van der Waals surface area contributed by atoms with Gasteiger partial charge in [0.1, 0.15) is 0 Å². The van der Waals surface area contributed by atoms with Crippen molar-refractivity contribution in [2.75, 3.05) is 43.1 Å². The molecule has 0 aliphatic carbocycles. The summed E-state index contributed by atoms with van der Waals surface area (Å²) >= 11 is 0. The van der Waals surface area contributed by atoms with Crippen LogP contribution >= 0.6 is 0 Å². The molecule has 1 aliphatic heterocycles. The lowest BCUT2D eigenvalue weighted by atomic mass is 10.1. The Morgan fingerprint density at radius 2 is 1.72 bits per heavy atom. The zero-order chi connectivity index (χ0) is 20.6. The number of carbonyl (C=O) groups excluding carboxylic acids is 2. The van der Waals surface area contributed by atoms with E-state index in [0.717, 1.165) is 50.3 Å². The van der Waals surface area contributed by atoms with Crippen LogP contribution in [0.25, 0.3) is 0 Å². The van der Waals surface area contributed by atoms with Gasteiger partial charge in [0.25, 0.3) is 0 Å². The average Bonchev–Trinajstić information content (AvgIpc) is 2.75. The first-order chi connectivity index (χ1) is 14.0. The number of carbonyl (C=O) groups is 2. The molecule has 6 heteroatoms. The van der Waals surface area contributed by atoms with Crippen molar-refractivity contribution in [3.8, 4) is 0 Å². The van der Waals surface area contributed by atoms with Crippen LogP contribution in [0.1, 0.15) is 23.1 Å². The van der Waals surface area contributed by atoms with Gasteiger partial charge < -0.3 is 20.3 Å². The molecule has 0 unspecified atom stereocenters. The molecule has 0 bridgehead atoms. The number of hydrogen-bond acceptors (Lipinski definition) is 4. The maximum atomic E-state index is 12.1. The van der Waals surface area contributed by atoms with Gasteiger partial charge in [-0.3, -0.25) is 9.59 Å². The van der Waals surface area contributed by atoms with Crippen molar-refractivity contribution in [1.82, 2.24) is 5.32 Å². The molecule has 0 spiro atoms. The number of anilines is 2. The van der Waals surface area contributed by atoms with Crippen LogP contribution in [0.2, 0.25) is 0 Å². The number of hydrogen-bond donors (Lipinski definition) is 2. The lowest BCUT2D eigenvalue weighted by Crippen LogP contribution is -2.36. The first-order valence-corrected chi connectivity index (χ1v) is 10.1. The van der Waals surface area contributed by atoms with Crippen molar-refractivity contribution in [1.29, 1.82) is 0 Å². The van der Waals surface area contributed by atoms with Gasteiger partial charge in [-0.05, 0) is 61.6 Å². The Bertz CT molecular complexity index is 843. The predicted octanol–water partition coefficient (Wildman–Crippen LogP) is 2.83. The summed E-state index contributed by atoms with van der Waals surface area (Å²) in [6.45, 7) is 7.76. The monoisotopic (exact) mass is 395 g/mol. The van der Waals surface area contributed by atoms with Crippen LogP contribution in [0, 0.1) is 13.8 Å². The second-order valence-electron chi connectivity index (χ2n) is 7.33. The Kier molecular flexibility index (Phi) is 7.25. The van der Waals surface area contributed by atoms with Crippen molar-refractivity contribution in [3.05, 3.63) is 59.2 Å².